The lowest BCUT2D eigenvalue weighted by Crippen LogP contribution is -2.38. The highest BCUT2D eigenvalue weighted by Crippen LogP contribution is 2.26. The number of halogens is 1. The zero-order chi connectivity index (χ0) is 22.2. The first kappa shape index (κ1) is 22.2. The summed E-state index contributed by atoms with van der Waals surface area (Å²) in [6, 6.07) is 23.5. The maximum absolute atomic E-state index is 13.9. The van der Waals surface area contributed by atoms with Crippen molar-refractivity contribution < 1.29 is 9.18 Å². The third-order valence-electron chi connectivity index (χ3n) is 5.40. The second-order valence-electron chi connectivity index (χ2n) is 7.53. The minimum atomic E-state index is -0.539. The number of amides is 1. The Bertz CT molecular complexity index is 1060. The topological polar surface area (TPSA) is 64.9 Å². The Morgan fingerprint density at radius 2 is 1.74 bits per heavy atom. The third-order valence-corrected chi connectivity index (χ3v) is 5.40. The molecule has 5 heteroatoms. The van der Waals surface area contributed by atoms with Crippen LogP contribution in [0.15, 0.2) is 72.8 Å². The number of carbonyl (C=O) groups excluding carboxylic acids is 1. The van der Waals surface area contributed by atoms with Crippen LogP contribution in [0.2, 0.25) is 0 Å². The van der Waals surface area contributed by atoms with Crippen LogP contribution in [-0.4, -0.2) is 13.0 Å². The molecule has 0 aliphatic rings. The van der Waals surface area contributed by atoms with Crippen molar-refractivity contribution in [3.63, 3.8) is 0 Å². The van der Waals surface area contributed by atoms with Gasteiger partial charge in [0, 0.05) is 13.1 Å². The zero-order valence-electron chi connectivity index (χ0n) is 17.7. The fourth-order valence-corrected chi connectivity index (χ4v) is 3.60. The molecule has 0 aromatic heterocycles. The molecule has 2 N–H and O–H groups in total. The molecule has 31 heavy (non-hydrogen) atoms. The van der Waals surface area contributed by atoms with Gasteiger partial charge in [0.25, 0.3) is 0 Å². The van der Waals surface area contributed by atoms with Crippen molar-refractivity contribution >= 4 is 5.91 Å². The van der Waals surface area contributed by atoms with E-state index >= 15 is 0 Å². The van der Waals surface area contributed by atoms with Gasteiger partial charge in [-0.05, 0) is 60.2 Å². The minimum absolute atomic E-state index is 0.131. The highest BCUT2D eigenvalue weighted by atomic mass is 19.1. The summed E-state index contributed by atoms with van der Waals surface area (Å²) < 4.78 is 13.9. The molecule has 0 aliphatic heterocycles. The largest absolute Gasteiger partial charge is 0.358 e. The summed E-state index contributed by atoms with van der Waals surface area (Å²) in [6.45, 7) is 1.74. The molecule has 0 heterocycles. The average molecular weight is 416 g/mol. The number of nitrogens with one attached hydrogen (secondary N) is 2. The fourth-order valence-electron chi connectivity index (χ4n) is 3.60. The van der Waals surface area contributed by atoms with Gasteiger partial charge in [0.1, 0.15) is 11.9 Å². The van der Waals surface area contributed by atoms with Crippen molar-refractivity contribution in [1.29, 1.82) is 5.26 Å². The Labute approximate surface area is 182 Å². The number of carbonyl (C=O) groups is 1. The summed E-state index contributed by atoms with van der Waals surface area (Å²) in [6.07, 6.45) is 1.45. The van der Waals surface area contributed by atoms with Gasteiger partial charge in [-0.1, -0.05) is 54.6 Å². The van der Waals surface area contributed by atoms with Crippen LogP contribution in [0.3, 0.4) is 0 Å². The van der Waals surface area contributed by atoms with Crippen LogP contribution in [0.25, 0.3) is 0 Å². The number of likely N-dealkylation sites (N-methyl/N-ethyl adjacent to an activating group) is 1. The van der Waals surface area contributed by atoms with E-state index in [1.165, 1.54) is 6.07 Å². The lowest BCUT2D eigenvalue weighted by molar-refractivity contribution is -0.123. The second-order valence-corrected chi connectivity index (χ2v) is 7.53. The second kappa shape index (κ2) is 10.5. The SMILES string of the molecule is CNC(=O)C(N[C@H](CCc1ccc(C#N)cc1)c1ccc(F)c(C)c1)c1ccccc1. The summed E-state index contributed by atoms with van der Waals surface area (Å²) in [5, 5.41) is 15.2. The van der Waals surface area contributed by atoms with E-state index in [4.69, 9.17) is 5.26 Å². The van der Waals surface area contributed by atoms with Crippen LogP contribution in [0.5, 0.6) is 0 Å². The molecule has 4 nitrogen and oxygen atoms in total. The Kier molecular flexibility index (Phi) is 7.53. The molecule has 0 bridgehead atoms. The number of aryl methyl sites for hydroxylation is 2. The van der Waals surface area contributed by atoms with E-state index in [-0.39, 0.29) is 17.8 Å². The number of hydrogen-bond donors (Lipinski definition) is 2. The van der Waals surface area contributed by atoms with Gasteiger partial charge in [0.2, 0.25) is 5.91 Å². The van der Waals surface area contributed by atoms with Crippen molar-refractivity contribution in [2.45, 2.75) is 31.8 Å². The summed E-state index contributed by atoms with van der Waals surface area (Å²) in [4.78, 5) is 12.7. The minimum Gasteiger partial charge on any atom is -0.358 e. The summed E-state index contributed by atoms with van der Waals surface area (Å²) in [5.41, 5.74) is 4.08. The number of nitrogens with zero attached hydrogens (tertiary/aromatic N) is 1. The van der Waals surface area contributed by atoms with Gasteiger partial charge in [0.15, 0.2) is 0 Å². The van der Waals surface area contributed by atoms with Crippen molar-refractivity contribution in [2.24, 2.45) is 0 Å². The first-order chi connectivity index (χ1) is 15.0. The predicted molar refractivity (Wildman–Crippen MR) is 120 cm³/mol. The highest BCUT2D eigenvalue weighted by Gasteiger charge is 2.24. The third kappa shape index (κ3) is 5.78. The van der Waals surface area contributed by atoms with Gasteiger partial charge >= 0.3 is 0 Å². The quantitative estimate of drug-likeness (QED) is 0.558. The Balaban J connectivity index is 1.88. The van der Waals surface area contributed by atoms with Gasteiger partial charge in [-0.15, -0.1) is 0 Å². The number of benzene rings is 3. The first-order valence-corrected chi connectivity index (χ1v) is 10.3. The lowest BCUT2D eigenvalue weighted by atomic mass is 9.95. The highest BCUT2D eigenvalue weighted by molar-refractivity contribution is 5.83. The van der Waals surface area contributed by atoms with Gasteiger partial charge in [-0.3, -0.25) is 10.1 Å². The van der Waals surface area contributed by atoms with E-state index in [2.05, 4.69) is 16.7 Å². The van der Waals surface area contributed by atoms with E-state index in [1.54, 1.807) is 32.2 Å². The molecule has 3 aromatic carbocycles. The van der Waals surface area contributed by atoms with Crippen molar-refractivity contribution in [1.82, 2.24) is 10.6 Å². The fraction of sp³-hybridized carbons (Fsp3) is 0.231. The monoisotopic (exact) mass is 415 g/mol. The molecule has 0 saturated carbocycles. The van der Waals surface area contributed by atoms with Crippen molar-refractivity contribution in [3.05, 3.63) is 106 Å². The van der Waals surface area contributed by atoms with Gasteiger partial charge in [-0.2, -0.15) is 5.26 Å². The smallest absolute Gasteiger partial charge is 0.241 e. The molecule has 158 valence electrons. The summed E-state index contributed by atoms with van der Waals surface area (Å²) in [7, 11) is 1.62. The molecule has 0 spiro atoms. The van der Waals surface area contributed by atoms with Crippen molar-refractivity contribution in [2.75, 3.05) is 7.05 Å². The van der Waals surface area contributed by atoms with Crippen LogP contribution >= 0.6 is 0 Å². The number of nitriles is 1. The Morgan fingerprint density at radius 1 is 1.03 bits per heavy atom. The van der Waals surface area contributed by atoms with Crippen LogP contribution in [0.1, 0.15) is 46.3 Å². The summed E-state index contributed by atoms with van der Waals surface area (Å²) >= 11 is 0. The summed E-state index contributed by atoms with van der Waals surface area (Å²) in [5.74, 6) is -0.381. The Morgan fingerprint density at radius 3 is 2.35 bits per heavy atom. The molecule has 0 saturated heterocycles. The Hall–Kier alpha value is -3.49. The number of rotatable bonds is 8. The first-order valence-electron chi connectivity index (χ1n) is 10.3. The average Bonchev–Trinajstić information content (AvgIpc) is 2.81. The standard InChI is InChI=1S/C26H26FN3O/c1-18-16-22(13-14-23(18)27)24(15-12-19-8-10-20(17-28)11-9-19)30-25(26(31)29-2)21-6-4-3-5-7-21/h3-11,13-14,16,24-25,30H,12,15H2,1-2H3,(H,29,31)/t24-,25?/m1/s1. The number of hydrogen-bond acceptors (Lipinski definition) is 3. The predicted octanol–water partition coefficient (Wildman–Crippen LogP) is 4.76. The van der Waals surface area contributed by atoms with E-state index in [9.17, 15) is 9.18 Å². The molecule has 2 atom stereocenters. The van der Waals surface area contributed by atoms with Crippen LogP contribution in [0, 0.1) is 24.1 Å². The molecule has 1 amide bonds. The lowest BCUT2D eigenvalue weighted by Gasteiger charge is -2.26. The van der Waals surface area contributed by atoms with Gasteiger partial charge in [-0.25, -0.2) is 4.39 Å². The maximum atomic E-state index is 13.9. The van der Waals surface area contributed by atoms with E-state index < -0.39 is 6.04 Å². The molecule has 1 unspecified atom stereocenters. The van der Waals surface area contributed by atoms with Crippen LogP contribution < -0.4 is 10.6 Å². The zero-order valence-corrected chi connectivity index (χ0v) is 17.7. The molecule has 0 aliphatic carbocycles. The van der Waals surface area contributed by atoms with E-state index in [0.717, 1.165) is 23.1 Å². The molecule has 0 fully saturated rings. The molecular weight excluding hydrogens is 389 g/mol. The molecule has 3 aromatic rings. The molecular formula is C26H26FN3O. The normalized spacial score (nSPS) is 12.6. The molecule has 3 rings (SSSR count). The van der Waals surface area contributed by atoms with Gasteiger partial charge < -0.3 is 5.32 Å². The van der Waals surface area contributed by atoms with Crippen LogP contribution in [0.4, 0.5) is 4.39 Å². The van der Waals surface area contributed by atoms with Gasteiger partial charge in [0.05, 0.1) is 11.6 Å². The van der Waals surface area contributed by atoms with Crippen LogP contribution in [-0.2, 0) is 11.2 Å². The molecule has 0 radical (unpaired) electrons. The van der Waals surface area contributed by atoms with E-state index in [1.807, 2.05) is 48.5 Å². The van der Waals surface area contributed by atoms with E-state index in [0.29, 0.717) is 17.5 Å². The maximum Gasteiger partial charge on any atom is 0.241 e. The van der Waals surface area contributed by atoms with Crippen molar-refractivity contribution in [3.8, 4) is 6.07 Å².